The molecule has 6 heteroatoms. The van der Waals surface area contributed by atoms with Gasteiger partial charge in [0.1, 0.15) is 0 Å². The summed E-state index contributed by atoms with van der Waals surface area (Å²) >= 11 is 3.53. The van der Waals surface area contributed by atoms with E-state index in [1.807, 2.05) is 7.05 Å². The Hall–Kier alpha value is -0.340. The number of rotatable bonds is 6. The van der Waals surface area contributed by atoms with Crippen LogP contribution in [0.4, 0.5) is 0 Å². The third-order valence-electron chi connectivity index (χ3n) is 4.74. The number of nitrogens with one attached hydrogen (secondary N) is 2. The Labute approximate surface area is 177 Å². The van der Waals surface area contributed by atoms with Crippen LogP contribution >= 0.6 is 39.9 Å². The SMILES string of the molecule is CN=C(NCCC(C)C)NCC1(c2ccc(Br)cc2)CCOCC1.I. The standard InChI is InChI=1S/C19H30BrN3O.HI/c1-15(2)8-11-22-18(21-3)23-14-19(9-12-24-13-10-19)16-4-6-17(20)7-5-16;/h4-7,15H,8-14H2,1-3H3,(H2,21,22,23);1H. The van der Waals surface area contributed by atoms with Crippen molar-refractivity contribution in [2.75, 3.05) is 33.4 Å². The number of benzene rings is 1. The normalized spacial score (nSPS) is 17.1. The molecule has 2 N–H and O–H groups in total. The van der Waals surface area contributed by atoms with E-state index in [1.54, 1.807) is 0 Å². The van der Waals surface area contributed by atoms with Gasteiger partial charge >= 0.3 is 0 Å². The van der Waals surface area contributed by atoms with Crippen LogP contribution in [0.2, 0.25) is 0 Å². The Kier molecular flexibility index (Phi) is 10.3. The van der Waals surface area contributed by atoms with Gasteiger partial charge in [-0.05, 0) is 42.9 Å². The van der Waals surface area contributed by atoms with Gasteiger partial charge in [-0.1, -0.05) is 41.9 Å². The lowest BCUT2D eigenvalue weighted by atomic mass is 9.74. The van der Waals surface area contributed by atoms with E-state index in [0.717, 1.165) is 56.0 Å². The van der Waals surface area contributed by atoms with E-state index in [0.29, 0.717) is 5.92 Å². The second kappa shape index (κ2) is 11.4. The minimum Gasteiger partial charge on any atom is -0.381 e. The van der Waals surface area contributed by atoms with Gasteiger partial charge in [0.15, 0.2) is 5.96 Å². The zero-order valence-corrected chi connectivity index (χ0v) is 19.4. The fourth-order valence-corrected chi connectivity index (χ4v) is 3.35. The van der Waals surface area contributed by atoms with Crippen LogP contribution in [-0.4, -0.2) is 39.3 Å². The van der Waals surface area contributed by atoms with Gasteiger partial charge < -0.3 is 15.4 Å². The molecule has 0 bridgehead atoms. The Morgan fingerprint density at radius 2 is 1.84 bits per heavy atom. The topological polar surface area (TPSA) is 45.7 Å². The highest BCUT2D eigenvalue weighted by Crippen LogP contribution is 2.34. The van der Waals surface area contributed by atoms with Crippen LogP contribution in [0.1, 0.15) is 38.7 Å². The van der Waals surface area contributed by atoms with Crippen LogP contribution in [0.3, 0.4) is 0 Å². The molecule has 0 unspecified atom stereocenters. The second-order valence-corrected chi connectivity index (χ2v) is 7.85. The minimum absolute atomic E-state index is 0. The average Bonchev–Trinajstić information content (AvgIpc) is 2.59. The molecule has 1 heterocycles. The minimum atomic E-state index is 0. The first-order valence-electron chi connectivity index (χ1n) is 8.84. The van der Waals surface area contributed by atoms with Crippen LogP contribution in [0, 0.1) is 5.92 Å². The van der Waals surface area contributed by atoms with E-state index < -0.39 is 0 Å². The maximum atomic E-state index is 5.61. The smallest absolute Gasteiger partial charge is 0.191 e. The summed E-state index contributed by atoms with van der Waals surface area (Å²) in [5, 5.41) is 6.96. The van der Waals surface area contributed by atoms with Gasteiger partial charge in [-0.2, -0.15) is 0 Å². The van der Waals surface area contributed by atoms with Crippen molar-refractivity contribution in [3.8, 4) is 0 Å². The number of ether oxygens (including phenoxy) is 1. The number of hydrogen-bond acceptors (Lipinski definition) is 2. The summed E-state index contributed by atoms with van der Waals surface area (Å²) in [6, 6.07) is 8.71. The first-order valence-corrected chi connectivity index (χ1v) is 9.63. The molecule has 4 nitrogen and oxygen atoms in total. The molecule has 2 rings (SSSR count). The van der Waals surface area contributed by atoms with Crippen molar-refractivity contribution in [3.05, 3.63) is 34.3 Å². The summed E-state index contributed by atoms with van der Waals surface area (Å²) in [5.74, 6) is 1.58. The van der Waals surface area contributed by atoms with Crippen molar-refractivity contribution < 1.29 is 4.74 Å². The molecule has 25 heavy (non-hydrogen) atoms. The first kappa shape index (κ1) is 22.7. The fourth-order valence-electron chi connectivity index (χ4n) is 3.09. The van der Waals surface area contributed by atoms with Crippen LogP contribution in [0.15, 0.2) is 33.7 Å². The summed E-state index contributed by atoms with van der Waals surface area (Å²) < 4.78 is 6.73. The predicted octanol–water partition coefficient (Wildman–Crippen LogP) is 4.33. The Morgan fingerprint density at radius 1 is 1.20 bits per heavy atom. The van der Waals surface area contributed by atoms with Crippen molar-refractivity contribution >= 4 is 45.9 Å². The maximum Gasteiger partial charge on any atom is 0.191 e. The summed E-state index contributed by atoms with van der Waals surface area (Å²) in [6.07, 6.45) is 3.21. The largest absolute Gasteiger partial charge is 0.381 e. The lowest BCUT2D eigenvalue weighted by Crippen LogP contribution is -2.48. The molecular formula is C19H31BrIN3O. The van der Waals surface area contributed by atoms with Crippen molar-refractivity contribution in [2.24, 2.45) is 10.9 Å². The van der Waals surface area contributed by atoms with Gasteiger partial charge in [0.25, 0.3) is 0 Å². The summed E-state index contributed by atoms with van der Waals surface area (Å²) in [6.45, 7) is 7.93. The lowest BCUT2D eigenvalue weighted by molar-refractivity contribution is 0.0514. The molecular weight excluding hydrogens is 493 g/mol. The Balaban J connectivity index is 0.00000312. The summed E-state index contributed by atoms with van der Waals surface area (Å²) in [4.78, 5) is 4.36. The Morgan fingerprint density at radius 3 is 2.40 bits per heavy atom. The van der Waals surface area contributed by atoms with Gasteiger partial charge in [-0.15, -0.1) is 24.0 Å². The second-order valence-electron chi connectivity index (χ2n) is 6.93. The molecule has 1 saturated heterocycles. The summed E-state index contributed by atoms with van der Waals surface area (Å²) in [7, 11) is 1.83. The molecule has 1 aromatic rings. The van der Waals surface area contributed by atoms with E-state index in [2.05, 4.69) is 69.7 Å². The van der Waals surface area contributed by atoms with Crippen molar-refractivity contribution in [3.63, 3.8) is 0 Å². The monoisotopic (exact) mass is 523 g/mol. The average molecular weight is 524 g/mol. The van der Waals surface area contributed by atoms with Crippen LogP contribution in [0.25, 0.3) is 0 Å². The predicted molar refractivity (Wildman–Crippen MR) is 120 cm³/mol. The number of aliphatic imine (C=N–C) groups is 1. The highest BCUT2D eigenvalue weighted by molar-refractivity contribution is 14.0. The van der Waals surface area contributed by atoms with Gasteiger partial charge in [0, 0.05) is 43.2 Å². The fraction of sp³-hybridized carbons (Fsp3) is 0.632. The van der Waals surface area contributed by atoms with Gasteiger partial charge in [-0.3, -0.25) is 4.99 Å². The molecule has 0 aromatic heterocycles. The quantitative estimate of drug-likeness (QED) is 0.331. The lowest BCUT2D eigenvalue weighted by Gasteiger charge is -2.38. The molecule has 0 radical (unpaired) electrons. The zero-order chi connectivity index (χ0) is 17.4. The van der Waals surface area contributed by atoms with Gasteiger partial charge in [0.05, 0.1) is 0 Å². The number of hydrogen-bond donors (Lipinski definition) is 2. The molecule has 1 aromatic carbocycles. The molecule has 1 aliphatic rings. The zero-order valence-electron chi connectivity index (χ0n) is 15.5. The third-order valence-corrected chi connectivity index (χ3v) is 5.27. The van der Waals surface area contributed by atoms with E-state index in [9.17, 15) is 0 Å². The molecule has 0 amide bonds. The van der Waals surface area contributed by atoms with Crippen molar-refractivity contribution in [1.82, 2.24) is 10.6 Å². The molecule has 1 aliphatic heterocycles. The number of halogens is 2. The van der Waals surface area contributed by atoms with Gasteiger partial charge in [0.2, 0.25) is 0 Å². The first-order chi connectivity index (χ1) is 11.6. The molecule has 0 aliphatic carbocycles. The number of nitrogens with zero attached hydrogens (tertiary/aromatic N) is 1. The van der Waals surface area contributed by atoms with Crippen LogP contribution in [0.5, 0.6) is 0 Å². The molecule has 0 spiro atoms. The summed E-state index contributed by atoms with van der Waals surface area (Å²) in [5.41, 5.74) is 1.48. The molecule has 142 valence electrons. The molecule has 0 atom stereocenters. The van der Waals surface area contributed by atoms with Crippen LogP contribution < -0.4 is 10.6 Å². The van der Waals surface area contributed by atoms with Gasteiger partial charge in [-0.25, -0.2) is 0 Å². The third kappa shape index (κ3) is 7.06. The van der Waals surface area contributed by atoms with Crippen molar-refractivity contribution in [1.29, 1.82) is 0 Å². The van der Waals surface area contributed by atoms with Crippen LogP contribution in [-0.2, 0) is 10.2 Å². The highest BCUT2D eigenvalue weighted by atomic mass is 127. The Bertz CT molecular complexity index is 528. The highest BCUT2D eigenvalue weighted by Gasteiger charge is 2.34. The van der Waals surface area contributed by atoms with E-state index in [4.69, 9.17) is 4.74 Å². The van der Waals surface area contributed by atoms with E-state index in [1.165, 1.54) is 5.56 Å². The van der Waals surface area contributed by atoms with E-state index >= 15 is 0 Å². The number of guanidine groups is 1. The van der Waals surface area contributed by atoms with Crippen molar-refractivity contribution in [2.45, 2.75) is 38.5 Å². The molecule has 0 saturated carbocycles. The maximum absolute atomic E-state index is 5.61. The molecule has 1 fully saturated rings. The van der Waals surface area contributed by atoms with E-state index in [-0.39, 0.29) is 29.4 Å².